The van der Waals surface area contributed by atoms with Crippen LogP contribution in [0.15, 0.2) is 36.0 Å². The summed E-state index contributed by atoms with van der Waals surface area (Å²) in [6.45, 7) is 0. The van der Waals surface area contributed by atoms with Crippen molar-refractivity contribution in [3.63, 3.8) is 0 Å². The molecule has 0 aliphatic heterocycles. The normalized spacial score (nSPS) is 11.3. The summed E-state index contributed by atoms with van der Waals surface area (Å²) in [7, 11) is 4.49. The Kier molecular flexibility index (Phi) is 4.94. The fourth-order valence-corrected chi connectivity index (χ4v) is 2.23. The summed E-state index contributed by atoms with van der Waals surface area (Å²) in [6.07, 6.45) is 1.95. The van der Waals surface area contributed by atoms with Crippen molar-refractivity contribution >= 4 is 36.3 Å². The van der Waals surface area contributed by atoms with Crippen LogP contribution in [0.4, 0.5) is 0 Å². The van der Waals surface area contributed by atoms with Crippen molar-refractivity contribution in [1.29, 1.82) is 0 Å². The highest BCUT2D eigenvalue weighted by Crippen LogP contribution is 2.01. The van der Waals surface area contributed by atoms with E-state index in [1.165, 1.54) is 0 Å². The second-order valence-corrected chi connectivity index (χ2v) is 4.87. The van der Waals surface area contributed by atoms with Crippen LogP contribution in [-0.2, 0) is 8.23 Å². The van der Waals surface area contributed by atoms with Crippen LogP contribution in [-0.4, -0.2) is 30.3 Å². The molecule has 0 fully saturated rings. The number of hydrogen-bond acceptors (Lipinski definition) is 2. The molecule has 0 spiro atoms. The molecule has 1 aromatic carbocycles. The molecule has 0 saturated heterocycles. The van der Waals surface area contributed by atoms with Crippen LogP contribution < -0.4 is 0 Å². The zero-order chi connectivity index (χ0) is 9.52. The van der Waals surface area contributed by atoms with Crippen molar-refractivity contribution in [2.45, 2.75) is 0 Å². The summed E-state index contributed by atoms with van der Waals surface area (Å²) in [4.78, 5) is 0. The lowest BCUT2D eigenvalue weighted by molar-refractivity contribution is 0.489. The highest BCUT2D eigenvalue weighted by Gasteiger charge is 2.04. The van der Waals surface area contributed by atoms with Crippen molar-refractivity contribution < 1.29 is 8.23 Å². The van der Waals surface area contributed by atoms with Crippen molar-refractivity contribution in [1.82, 2.24) is 0 Å². The van der Waals surface area contributed by atoms with Crippen LogP contribution in [0, 0.1) is 0 Å². The highest BCUT2D eigenvalue weighted by molar-refractivity contribution is 6.58. The summed E-state index contributed by atoms with van der Waals surface area (Å²) in [6, 6.07) is 9.96. The summed E-state index contributed by atoms with van der Waals surface area (Å²) >= 11 is 0. The lowest BCUT2D eigenvalue weighted by Crippen LogP contribution is -2.17. The molecule has 0 unspecified atom stereocenters. The molecule has 7 radical (unpaired) electrons. The van der Waals surface area contributed by atoms with Crippen LogP contribution in [0.1, 0.15) is 5.56 Å². The molecule has 1 aromatic rings. The zero-order valence-corrected chi connectivity index (χ0v) is 9.86. The van der Waals surface area contributed by atoms with Gasteiger partial charge in [-0.1, -0.05) is 36.4 Å². The van der Waals surface area contributed by atoms with Gasteiger partial charge in [-0.3, -0.25) is 0 Å². The van der Waals surface area contributed by atoms with Crippen LogP contribution in [0.3, 0.4) is 0 Å². The van der Waals surface area contributed by atoms with E-state index >= 15 is 0 Å². The molecule has 0 heterocycles. The Morgan fingerprint density at radius 2 is 1.69 bits per heavy atom. The smallest absolute Gasteiger partial charge is 0.393 e. The van der Waals surface area contributed by atoms with Gasteiger partial charge in [0.15, 0.2) is 0 Å². The lowest BCUT2D eigenvalue weighted by Gasteiger charge is -2.02. The molecule has 2 nitrogen and oxygen atoms in total. The molecule has 0 N–H and O–H groups in total. The SMILES string of the molecule is [Si]O[Si](C=Cc1ccccc1)O[Si]. The Morgan fingerprint density at radius 1 is 1.08 bits per heavy atom. The predicted molar refractivity (Wildman–Crippen MR) is 54.9 cm³/mol. The fourth-order valence-electron chi connectivity index (χ4n) is 0.817. The molecule has 63 valence electrons. The molecule has 1 rings (SSSR count). The first kappa shape index (κ1) is 10.6. The summed E-state index contributed by atoms with van der Waals surface area (Å²) in [5.74, 6) is 0. The van der Waals surface area contributed by atoms with E-state index in [0.29, 0.717) is 0 Å². The maximum Gasteiger partial charge on any atom is 0.393 e. The number of rotatable bonds is 4. The minimum absolute atomic E-state index is 1.12. The molecule has 0 aromatic heterocycles. The Hall–Kier alpha value is -0.469. The van der Waals surface area contributed by atoms with E-state index in [1.807, 2.05) is 42.1 Å². The second kappa shape index (κ2) is 6.06. The topological polar surface area (TPSA) is 18.5 Å². The van der Waals surface area contributed by atoms with E-state index < -0.39 is 9.28 Å². The van der Waals surface area contributed by atoms with Crippen LogP contribution in [0.2, 0.25) is 0 Å². The van der Waals surface area contributed by atoms with Crippen LogP contribution in [0.5, 0.6) is 0 Å². The maximum absolute atomic E-state index is 4.87. The third-order valence-electron chi connectivity index (χ3n) is 1.41. The lowest BCUT2D eigenvalue weighted by atomic mass is 10.2. The van der Waals surface area contributed by atoms with Crippen molar-refractivity contribution in [3.05, 3.63) is 41.6 Å². The van der Waals surface area contributed by atoms with Gasteiger partial charge in [0.1, 0.15) is 0 Å². The Labute approximate surface area is 86.5 Å². The van der Waals surface area contributed by atoms with E-state index in [4.69, 9.17) is 8.23 Å². The number of benzene rings is 1. The van der Waals surface area contributed by atoms with E-state index in [1.54, 1.807) is 0 Å². The van der Waals surface area contributed by atoms with Crippen LogP contribution in [0.25, 0.3) is 6.08 Å². The first-order valence-corrected chi connectivity index (χ1v) is 5.85. The van der Waals surface area contributed by atoms with Gasteiger partial charge >= 0.3 is 9.28 Å². The van der Waals surface area contributed by atoms with Gasteiger partial charge < -0.3 is 8.23 Å². The van der Waals surface area contributed by atoms with Gasteiger partial charge in [-0.2, -0.15) is 0 Å². The van der Waals surface area contributed by atoms with Gasteiger partial charge in [0.25, 0.3) is 0 Å². The van der Waals surface area contributed by atoms with E-state index in [9.17, 15) is 0 Å². The quantitative estimate of drug-likeness (QED) is 0.701. The van der Waals surface area contributed by atoms with Gasteiger partial charge in [-0.25, -0.2) is 0 Å². The van der Waals surface area contributed by atoms with E-state index in [0.717, 1.165) is 5.56 Å². The van der Waals surface area contributed by atoms with Gasteiger partial charge in [-0.15, -0.1) is 0 Å². The monoisotopic (exact) mass is 219 g/mol. The molecule has 0 atom stereocenters. The predicted octanol–water partition coefficient (Wildman–Crippen LogP) is 0.927. The standard InChI is InChI=1S/C8H7O2Si3/c11-9-13(10-12)7-6-8-4-2-1-3-5-8/h1-7H. The second-order valence-electron chi connectivity index (χ2n) is 2.27. The summed E-state index contributed by atoms with van der Waals surface area (Å²) < 4.78 is 9.74. The molecule has 5 heteroatoms. The molecule has 0 amide bonds. The van der Waals surface area contributed by atoms with Crippen molar-refractivity contribution in [3.8, 4) is 0 Å². The molecule has 0 aliphatic carbocycles. The average Bonchev–Trinajstić information content (AvgIpc) is 2.21. The van der Waals surface area contributed by atoms with E-state index in [2.05, 4.69) is 21.0 Å². The summed E-state index contributed by atoms with van der Waals surface area (Å²) in [5, 5.41) is 0. The Bertz CT molecular complexity index is 259. The molecule has 0 saturated carbocycles. The van der Waals surface area contributed by atoms with Gasteiger partial charge in [-0.05, 0) is 11.3 Å². The van der Waals surface area contributed by atoms with E-state index in [-0.39, 0.29) is 0 Å². The largest absolute Gasteiger partial charge is 0.433 e. The highest BCUT2D eigenvalue weighted by atomic mass is 28.4. The molecular weight excluding hydrogens is 212 g/mol. The van der Waals surface area contributed by atoms with Crippen molar-refractivity contribution in [2.24, 2.45) is 0 Å². The summed E-state index contributed by atoms with van der Waals surface area (Å²) in [5.41, 5.74) is 3.00. The molecule has 0 bridgehead atoms. The molecule has 13 heavy (non-hydrogen) atoms. The first-order chi connectivity index (χ1) is 6.36. The third-order valence-corrected chi connectivity index (χ3v) is 3.46. The van der Waals surface area contributed by atoms with Gasteiger partial charge in [0.05, 0.1) is 0 Å². The number of hydrogen-bond donors (Lipinski definition) is 0. The minimum Gasteiger partial charge on any atom is -0.433 e. The average molecular weight is 219 g/mol. The maximum atomic E-state index is 4.87. The molecular formula is C8H7O2Si3. The van der Waals surface area contributed by atoms with Crippen LogP contribution >= 0.6 is 0 Å². The fraction of sp³-hybridized carbons (Fsp3) is 0. The van der Waals surface area contributed by atoms with Gasteiger partial charge in [0.2, 0.25) is 21.0 Å². The third kappa shape index (κ3) is 3.83. The molecule has 0 aliphatic rings. The first-order valence-electron chi connectivity index (χ1n) is 3.64. The van der Waals surface area contributed by atoms with Gasteiger partial charge in [0, 0.05) is 0 Å². The Balaban J connectivity index is 2.57. The van der Waals surface area contributed by atoms with Crippen molar-refractivity contribution in [2.75, 3.05) is 0 Å². The zero-order valence-electron chi connectivity index (χ0n) is 6.86. The Morgan fingerprint density at radius 3 is 2.23 bits per heavy atom. The minimum atomic E-state index is -1.37.